The Kier molecular flexibility index (Phi) is 6.99. The van der Waals surface area contributed by atoms with Crippen LogP contribution in [0.1, 0.15) is 11.1 Å². The molecule has 0 N–H and O–H groups in total. The molecule has 4 aromatic rings. The Hall–Kier alpha value is -3.42. The number of halogens is 1. The second-order valence-electron chi connectivity index (χ2n) is 6.99. The lowest BCUT2D eigenvalue weighted by molar-refractivity contribution is -0.387. The van der Waals surface area contributed by atoms with Gasteiger partial charge in [0.1, 0.15) is 6.33 Å². The highest BCUT2D eigenvalue weighted by Gasteiger charge is 2.28. The Bertz CT molecular complexity index is 1150. The van der Waals surface area contributed by atoms with Gasteiger partial charge in [-0.2, -0.15) is 0 Å². The maximum atomic E-state index is 12.2. The number of hydrogen-bond acceptors (Lipinski definition) is 6. The van der Waals surface area contributed by atoms with E-state index in [0.717, 1.165) is 16.0 Å². The molecular formula is C24H19ClN4O2S. The minimum atomic E-state index is -0.406. The van der Waals surface area contributed by atoms with Crippen LogP contribution >= 0.6 is 23.4 Å². The van der Waals surface area contributed by atoms with E-state index in [2.05, 4.69) is 9.97 Å². The number of nitro groups is 1. The second kappa shape index (κ2) is 10.3. The highest BCUT2D eigenvalue weighted by molar-refractivity contribution is 7.99. The summed E-state index contributed by atoms with van der Waals surface area (Å²) in [5.41, 5.74) is 1.95. The van der Waals surface area contributed by atoms with Gasteiger partial charge >= 0.3 is 5.69 Å². The Morgan fingerprint density at radius 3 is 1.94 bits per heavy atom. The minimum absolute atomic E-state index is 0.112. The fourth-order valence-corrected chi connectivity index (χ4v) is 4.23. The molecule has 8 heteroatoms. The fourth-order valence-electron chi connectivity index (χ4n) is 3.25. The van der Waals surface area contributed by atoms with Gasteiger partial charge in [-0.3, -0.25) is 10.1 Å². The lowest BCUT2D eigenvalue weighted by Crippen LogP contribution is -2.24. The first kappa shape index (κ1) is 21.8. The summed E-state index contributed by atoms with van der Waals surface area (Å²) in [6.07, 6.45) is 1.38. The van der Waals surface area contributed by atoms with E-state index in [1.165, 1.54) is 18.1 Å². The highest BCUT2D eigenvalue weighted by Crippen LogP contribution is 2.39. The van der Waals surface area contributed by atoms with Crippen LogP contribution < -0.4 is 4.90 Å². The molecule has 0 saturated carbocycles. The zero-order valence-corrected chi connectivity index (χ0v) is 18.5. The molecule has 0 saturated heterocycles. The molecule has 1 aromatic heterocycles. The lowest BCUT2D eigenvalue weighted by atomic mass is 10.1. The average molecular weight is 463 g/mol. The molecule has 0 aliphatic rings. The summed E-state index contributed by atoms with van der Waals surface area (Å²) >= 11 is 7.18. The number of hydrogen-bond donors (Lipinski definition) is 0. The summed E-state index contributed by atoms with van der Waals surface area (Å²) in [6.45, 7) is 0.942. The van der Waals surface area contributed by atoms with Gasteiger partial charge in [-0.15, -0.1) is 0 Å². The topological polar surface area (TPSA) is 72.2 Å². The smallest absolute Gasteiger partial charge is 0.342 e. The van der Waals surface area contributed by atoms with E-state index in [1.54, 1.807) is 12.1 Å². The summed E-state index contributed by atoms with van der Waals surface area (Å²) < 4.78 is 0. The number of anilines is 1. The van der Waals surface area contributed by atoms with E-state index in [4.69, 9.17) is 11.6 Å². The molecule has 32 heavy (non-hydrogen) atoms. The van der Waals surface area contributed by atoms with Crippen molar-refractivity contribution in [3.8, 4) is 0 Å². The van der Waals surface area contributed by atoms with Crippen molar-refractivity contribution in [2.45, 2.75) is 23.0 Å². The molecule has 1 heterocycles. The van der Waals surface area contributed by atoms with Gasteiger partial charge in [-0.1, -0.05) is 84.0 Å². The van der Waals surface area contributed by atoms with Crippen molar-refractivity contribution in [1.29, 1.82) is 0 Å². The van der Waals surface area contributed by atoms with Crippen molar-refractivity contribution in [2.24, 2.45) is 0 Å². The summed E-state index contributed by atoms with van der Waals surface area (Å²) in [6, 6.07) is 26.8. The third-order valence-electron chi connectivity index (χ3n) is 4.71. The maximum absolute atomic E-state index is 12.2. The first-order valence-electron chi connectivity index (χ1n) is 9.86. The van der Waals surface area contributed by atoms with Crippen LogP contribution in [0.4, 0.5) is 11.5 Å². The van der Waals surface area contributed by atoms with Gasteiger partial charge in [0.25, 0.3) is 0 Å². The molecule has 0 radical (unpaired) electrons. The monoisotopic (exact) mass is 462 g/mol. The van der Waals surface area contributed by atoms with Gasteiger partial charge in [0, 0.05) is 23.0 Å². The summed E-state index contributed by atoms with van der Waals surface area (Å²) in [5, 5.41) is 13.0. The standard InChI is InChI=1S/C24H19ClN4O2S/c25-20-11-13-21(14-12-20)32-24-22(29(30)31)23(26-17-27-24)28(15-18-7-3-1-4-8-18)16-19-9-5-2-6-10-19/h1-14,17H,15-16H2. The molecule has 0 aliphatic heterocycles. The molecule has 4 rings (SSSR count). The van der Waals surface area contributed by atoms with Gasteiger partial charge in [-0.05, 0) is 35.4 Å². The van der Waals surface area contributed by atoms with Gasteiger partial charge in [-0.25, -0.2) is 9.97 Å². The summed E-state index contributed by atoms with van der Waals surface area (Å²) in [7, 11) is 0. The van der Waals surface area contributed by atoms with Crippen molar-refractivity contribution in [2.75, 3.05) is 4.90 Å². The molecule has 3 aromatic carbocycles. The predicted octanol–water partition coefficient (Wildman–Crippen LogP) is 6.40. The van der Waals surface area contributed by atoms with Crippen molar-refractivity contribution < 1.29 is 4.92 Å². The molecule has 0 aliphatic carbocycles. The normalized spacial score (nSPS) is 10.7. The van der Waals surface area contributed by atoms with Crippen molar-refractivity contribution in [3.63, 3.8) is 0 Å². The molecule has 0 unspecified atom stereocenters. The first-order valence-corrected chi connectivity index (χ1v) is 11.0. The molecular weight excluding hydrogens is 444 g/mol. The molecule has 0 spiro atoms. The van der Waals surface area contributed by atoms with Crippen LogP contribution in [0.2, 0.25) is 5.02 Å². The zero-order valence-electron chi connectivity index (χ0n) is 17.0. The van der Waals surface area contributed by atoms with E-state index < -0.39 is 4.92 Å². The molecule has 0 fully saturated rings. The van der Waals surface area contributed by atoms with Crippen LogP contribution in [0.5, 0.6) is 0 Å². The summed E-state index contributed by atoms with van der Waals surface area (Å²) in [4.78, 5) is 23.0. The van der Waals surface area contributed by atoms with Crippen LogP contribution in [0.3, 0.4) is 0 Å². The Morgan fingerprint density at radius 1 is 0.844 bits per heavy atom. The number of rotatable bonds is 8. The van der Waals surface area contributed by atoms with Gasteiger partial charge in [0.2, 0.25) is 5.82 Å². The zero-order chi connectivity index (χ0) is 22.3. The van der Waals surface area contributed by atoms with Crippen LogP contribution in [-0.2, 0) is 13.1 Å². The van der Waals surface area contributed by atoms with Crippen molar-refractivity contribution in [1.82, 2.24) is 9.97 Å². The number of aromatic nitrogens is 2. The highest BCUT2D eigenvalue weighted by atomic mass is 35.5. The quantitative estimate of drug-likeness (QED) is 0.171. The van der Waals surface area contributed by atoms with E-state index in [0.29, 0.717) is 18.1 Å². The van der Waals surface area contributed by atoms with Gasteiger partial charge in [0.05, 0.1) is 4.92 Å². The Balaban J connectivity index is 1.75. The predicted molar refractivity (Wildman–Crippen MR) is 127 cm³/mol. The maximum Gasteiger partial charge on any atom is 0.343 e. The Labute approximate surface area is 195 Å². The van der Waals surface area contributed by atoms with Crippen LogP contribution in [0.25, 0.3) is 0 Å². The SMILES string of the molecule is O=[N+]([O-])c1c(Sc2ccc(Cl)cc2)ncnc1N(Cc1ccccc1)Cc1ccccc1. The van der Waals surface area contributed by atoms with Gasteiger partial charge < -0.3 is 4.90 Å². The second-order valence-corrected chi connectivity index (χ2v) is 8.49. The average Bonchev–Trinajstić information content (AvgIpc) is 2.81. The number of benzene rings is 3. The molecule has 0 amide bonds. The third kappa shape index (κ3) is 5.43. The van der Waals surface area contributed by atoms with E-state index in [9.17, 15) is 10.1 Å². The van der Waals surface area contributed by atoms with Crippen LogP contribution in [-0.4, -0.2) is 14.9 Å². The lowest BCUT2D eigenvalue weighted by Gasteiger charge is -2.24. The molecule has 160 valence electrons. The van der Waals surface area contributed by atoms with Crippen molar-refractivity contribution in [3.05, 3.63) is 118 Å². The Morgan fingerprint density at radius 2 is 1.41 bits per heavy atom. The molecule has 0 atom stereocenters. The largest absolute Gasteiger partial charge is 0.343 e. The first-order chi connectivity index (χ1) is 15.6. The minimum Gasteiger partial charge on any atom is -0.342 e. The molecule has 6 nitrogen and oxygen atoms in total. The fraction of sp³-hybridized carbons (Fsp3) is 0.0833. The van der Waals surface area contributed by atoms with Crippen LogP contribution in [0, 0.1) is 10.1 Å². The summed E-state index contributed by atoms with van der Waals surface area (Å²) in [5.74, 6) is 0.286. The van der Waals surface area contributed by atoms with Crippen LogP contribution in [0.15, 0.2) is 101 Å². The van der Waals surface area contributed by atoms with E-state index in [-0.39, 0.29) is 16.5 Å². The third-order valence-corrected chi connectivity index (χ3v) is 5.96. The van der Waals surface area contributed by atoms with Crippen molar-refractivity contribution >= 4 is 34.9 Å². The van der Waals surface area contributed by atoms with E-state index >= 15 is 0 Å². The molecule has 0 bridgehead atoms. The van der Waals surface area contributed by atoms with E-state index in [1.807, 2.05) is 77.7 Å². The number of nitrogens with zero attached hydrogens (tertiary/aromatic N) is 4. The van der Waals surface area contributed by atoms with Gasteiger partial charge in [0.15, 0.2) is 5.03 Å².